The Kier molecular flexibility index (Phi) is 12.2. The highest BCUT2D eigenvalue weighted by Crippen LogP contribution is 2.37. The fourth-order valence-electron chi connectivity index (χ4n) is 7.26. The summed E-state index contributed by atoms with van der Waals surface area (Å²) in [7, 11) is 3.09. The van der Waals surface area contributed by atoms with Crippen LogP contribution in [0.25, 0.3) is 0 Å². The highest BCUT2D eigenvalue weighted by atomic mass is 32.1. The van der Waals surface area contributed by atoms with Crippen LogP contribution in [0.4, 0.5) is 4.79 Å². The van der Waals surface area contributed by atoms with Crippen LogP contribution in [0.1, 0.15) is 100 Å². The van der Waals surface area contributed by atoms with Gasteiger partial charge in [-0.15, -0.1) is 11.3 Å². The van der Waals surface area contributed by atoms with Gasteiger partial charge in [0.1, 0.15) is 34.1 Å². The third kappa shape index (κ3) is 8.84. The summed E-state index contributed by atoms with van der Waals surface area (Å²) < 4.78 is 16.8. The van der Waals surface area contributed by atoms with Crippen molar-refractivity contribution in [1.82, 2.24) is 25.0 Å². The van der Waals surface area contributed by atoms with E-state index in [1.54, 1.807) is 64.5 Å². The third-order valence-electron chi connectivity index (χ3n) is 10.1. The first-order valence-electron chi connectivity index (χ1n) is 17.9. The molecule has 12 nitrogen and oxygen atoms in total. The van der Waals surface area contributed by atoms with Crippen molar-refractivity contribution in [2.24, 2.45) is 5.92 Å². The Bertz CT molecular complexity index is 1520. The van der Waals surface area contributed by atoms with Crippen molar-refractivity contribution in [2.45, 2.75) is 109 Å². The number of carbonyl (C=O) groups is 4. The number of methoxy groups -OCH3 is 1. The number of carbonyl (C=O) groups excluding carboxylic acids is 4. The van der Waals surface area contributed by atoms with Gasteiger partial charge in [0.05, 0.1) is 19.3 Å². The molecule has 1 saturated carbocycles. The number of benzene rings is 1. The van der Waals surface area contributed by atoms with E-state index in [1.165, 1.54) is 23.3 Å². The highest BCUT2D eigenvalue weighted by Gasteiger charge is 2.46. The molecule has 0 unspecified atom stereocenters. The zero-order valence-electron chi connectivity index (χ0n) is 30.5. The van der Waals surface area contributed by atoms with Crippen LogP contribution < -0.4 is 10.1 Å². The van der Waals surface area contributed by atoms with Crippen LogP contribution in [0.5, 0.6) is 5.75 Å². The van der Waals surface area contributed by atoms with Crippen molar-refractivity contribution in [1.29, 1.82) is 0 Å². The molecule has 13 heteroatoms. The lowest BCUT2D eigenvalue weighted by molar-refractivity contribution is -0.144. The molecule has 50 heavy (non-hydrogen) atoms. The summed E-state index contributed by atoms with van der Waals surface area (Å²) in [6, 6.07) is 5.05. The van der Waals surface area contributed by atoms with Crippen molar-refractivity contribution in [3.05, 3.63) is 45.9 Å². The van der Waals surface area contributed by atoms with Crippen LogP contribution in [-0.4, -0.2) is 114 Å². The van der Waals surface area contributed by atoms with Crippen LogP contribution in [0, 0.1) is 5.92 Å². The number of ketones is 1. The number of amides is 3. The zero-order chi connectivity index (χ0) is 36.2. The van der Waals surface area contributed by atoms with Gasteiger partial charge in [-0.05, 0) is 71.9 Å². The van der Waals surface area contributed by atoms with Crippen molar-refractivity contribution in [3.63, 3.8) is 0 Å². The zero-order valence-corrected chi connectivity index (χ0v) is 31.3. The molecule has 2 saturated heterocycles. The lowest BCUT2D eigenvalue weighted by Crippen LogP contribution is -2.61. The second-order valence-electron chi connectivity index (χ2n) is 14.7. The van der Waals surface area contributed by atoms with Gasteiger partial charge in [0.15, 0.2) is 0 Å². The van der Waals surface area contributed by atoms with E-state index >= 15 is 0 Å². The van der Waals surface area contributed by atoms with E-state index in [2.05, 4.69) is 10.2 Å². The standard InChI is InChI=1S/C37H53N5O7S/c1-8-48-28-18-26-19-42(30(21-41(26)20-28)34-38-29(22-50-34)32(43)25-15-12-16-27(17-25)47-7)35(45)31(24-13-10-9-11-14-24)39-33(44)23(2)40(6)36(46)49-37(3,4)5/h12,15-17,22-24,26,28,30-31H,8-11,13-14,18-21H2,1-7H3,(H,39,44)/t23-,26+,28+,30-,31-/m0/s1. The molecule has 3 amide bonds. The number of nitrogens with zero attached hydrogens (tertiary/aromatic N) is 4. The Morgan fingerprint density at radius 2 is 1.84 bits per heavy atom. The topological polar surface area (TPSA) is 131 Å². The number of aromatic nitrogens is 1. The number of ether oxygens (including phenoxy) is 3. The number of piperazine rings is 1. The molecular formula is C37H53N5O7S. The summed E-state index contributed by atoms with van der Waals surface area (Å²) in [6.07, 6.45) is 4.97. The maximum atomic E-state index is 14.9. The lowest BCUT2D eigenvalue weighted by Gasteiger charge is -2.45. The van der Waals surface area contributed by atoms with Crippen molar-refractivity contribution in [2.75, 3.05) is 40.4 Å². The number of fused-ring (bicyclic) bond motifs is 1. The quantitative estimate of drug-likeness (QED) is 0.318. The molecule has 1 aliphatic carbocycles. The minimum Gasteiger partial charge on any atom is -0.497 e. The summed E-state index contributed by atoms with van der Waals surface area (Å²) in [6.45, 7) is 11.3. The van der Waals surface area contributed by atoms with Crippen molar-refractivity contribution in [3.8, 4) is 5.75 Å². The molecule has 0 spiro atoms. The monoisotopic (exact) mass is 711 g/mol. The van der Waals surface area contributed by atoms with E-state index < -0.39 is 35.7 Å². The van der Waals surface area contributed by atoms with Gasteiger partial charge in [0.25, 0.3) is 0 Å². The normalized spacial score (nSPS) is 22.7. The minimum absolute atomic E-state index is 0.0424. The van der Waals surface area contributed by atoms with Crippen LogP contribution in [0.15, 0.2) is 29.6 Å². The first kappa shape index (κ1) is 37.7. The Balaban J connectivity index is 1.43. The minimum atomic E-state index is -0.859. The third-order valence-corrected chi connectivity index (χ3v) is 11.0. The molecular weight excluding hydrogens is 659 g/mol. The molecule has 274 valence electrons. The van der Waals surface area contributed by atoms with Crippen LogP contribution in [0.3, 0.4) is 0 Å². The molecule has 3 heterocycles. The Hall–Kier alpha value is -3.55. The van der Waals surface area contributed by atoms with E-state index in [0.29, 0.717) is 41.7 Å². The van der Waals surface area contributed by atoms with Crippen molar-refractivity contribution >= 4 is 35.0 Å². The summed E-state index contributed by atoms with van der Waals surface area (Å²) in [5, 5.41) is 5.53. The fourth-order valence-corrected chi connectivity index (χ4v) is 8.17. The number of hydrogen-bond acceptors (Lipinski definition) is 10. The molecule has 3 aliphatic rings. The molecule has 5 atom stereocenters. The van der Waals surface area contributed by atoms with E-state index in [1.807, 2.05) is 11.8 Å². The van der Waals surface area contributed by atoms with Gasteiger partial charge in [-0.1, -0.05) is 31.4 Å². The summed E-state index contributed by atoms with van der Waals surface area (Å²) >= 11 is 1.37. The summed E-state index contributed by atoms with van der Waals surface area (Å²) in [5.41, 5.74) is 0.0784. The first-order valence-corrected chi connectivity index (χ1v) is 18.7. The molecule has 2 aromatic rings. The molecule has 0 bridgehead atoms. The van der Waals surface area contributed by atoms with E-state index in [9.17, 15) is 19.2 Å². The molecule has 1 aromatic heterocycles. The highest BCUT2D eigenvalue weighted by molar-refractivity contribution is 7.10. The SMILES string of the molecule is CCO[C@@H]1C[C@@H]2CN(C(=O)[C@@H](NC(=O)[C@H](C)N(C)C(=O)OC(C)(C)C)C3CCCCC3)[C@H](c3nc(C(=O)c4cccc(OC)c4)cs3)CN2C1. The maximum absolute atomic E-state index is 14.9. The first-order chi connectivity index (χ1) is 23.8. The molecule has 1 aromatic carbocycles. The van der Waals surface area contributed by atoms with E-state index in [4.69, 9.17) is 19.2 Å². The van der Waals surface area contributed by atoms with Crippen LogP contribution >= 0.6 is 11.3 Å². The van der Waals surface area contributed by atoms with Gasteiger partial charge >= 0.3 is 6.09 Å². The van der Waals surface area contributed by atoms with E-state index in [0.717, 1.165) is 45.1 Å². The maximum Gasteiger partial charge on any atom is 0.410 e. The van der Waals surface area contributed by atoms with Gasteiger partial charge in [0.2, 0.25) is 17.6 Å². The summed E-state index contributed by atoms with van der Waals surface area (Å²) in [5.74, 6) is -0.236. The predicted molar refractivity (Wildman–Crippen MR) is 190 cm³/mol. The van der Waals surface area contributed by atoms with Crippen LogP contribution in [0.2, 0.25) is 0 Å². The molecule has 3 fully saturated rings. The van der Waals surface area contributed by atoms with Gasteiger partial charge in [-0.3, -0.25) is 24.2 Å². The molecule has 0 radical (unpaired) electrons. The van der Waals surface area contributed by atoms with Gasteiger partial charge in [-0.2, -0.15) is 0 Å². The number of rotatable bonds is 11. The number of likely N-dealkylation sites (N-methyl/N-ethyl adjacent to an activating group) is 1. The Morgan fingerprint density at radius 1 is 1.10 bits per heavy atom. The Morgan fingerprint density at radius 3 is 2.52 bits per heavy atom. The predicted octanol–water partition coefficient (Wildman–Crippen LogP) is 5.07. The largest absolute Gasteiger partial charge is 0.497 e. The lowest BCUT2D eigenvalue weighted by atomic mass is 9.82. The van der Waals surface area contributed by atoms with Gasteiger partial charge < -0.3 is 24.4 Å². The average Bonchev–Trinajstić information content (AvgIpc) is 3.75. The van der Waals surface area contributed by atoms with Gasteiger partial charge in [-0.25, -0.2) is 9.78 Å². The van der Waals surface area contributed by atoms with Crippen LogP contribution in [-0.2, 0) is 19.1 Å². The fraction of sp³-hybridized carbons (Fsp3) is 0.649. The smallest absolute Gasteiger partial charge is 0.410 e. The Labute approximate surface area is 299 Å². The second-order valence-corrected chi connectivity index (χ2v) is 15.6. The average molecular weight is 712 g/mol. The number of nitrogens with one attached hydrogen (secondary N) is 1. The molecule has 5 rings (SSSR count). The molecule has 1 N–H and O–H groups in total. The van der Waals surface area contributed by atoms with Crippen molar-refractivity contribution < 1.29 is 33.4 Å². The molecule has 2 aliphatic heterocycles. The van der Waals surface area contributed by atoms with E-state index in [-0.39, 0.29) is 29.8 Å². The summed E-state index contributed by atoms with van der Waals surface area (Å²) in [4.78, 5) is 65.4. The number of hydrogen-bond donors (Lipinski definition) is 1. The second kappa shape index (κ2) is 16.2. The number of thiazole rings is 1. The van der Waals surface area contributed by atoms with Gasteiger partial charge in [0, 0.05) is 50.3 Å².